The molecule has 0 aliphatic heterocycles. The van der Waals surface area contributed by atoms with Crippen molar-refractivity contribution in [1.82, 2.24) is 5.32 Å². The Kier molecular flexibility index (Phi) is 19.1. The van der Waals surface area contributed by atoms with E-state index >= 15 is 0 Å². The van der Waals surface area contributed by atoms with Crippen LogP contribution in [0.3, 0.4) is 0 Å². The van der Waals surface area contributed by atoms with E-state index in [2.05, 4.69) is 19.2 Å². The number of carbonyl (C=O) groups excluding carboxylic acids is 1. The number of aldehydes is 1. The maximum Gasteiger partial charge on any atom is 0.121 e. The van der Waals surface area contributed by atoms with Gasteiger partial charge in [-0.2, -0.15) is 0 Å². The Bertz CT molecular complexity index is 127. The van der Waals surface area contributed by atoms with Gasteiger partial charge in [0.2, 0.25) is 0 Å². The second-order valence-electron chi connectivity index (χ2n) is 4.44. The van der Waals surface area contributed by atoms with Gasteiger partial charge in [0.25, 0.3) is 0 Å². The first-order valence-corrected chi connectivity index (χ1v) is 6.47. The van der Waals surface area contributed by atoms with Gasteiger partial charge in [0.1, 0.15) is 6.29 Å². The molecule has 0 fully saturated rings. The topological polar surface area (TPSA) is 55.1 Å². The lowest BCUT2D eigenvalue weighted by Crippen LogP contribution is -2.06. The molecule has 16 heavy (non-hydrogen) atoms. The number of nitrogens with two attached hydrogens (primary N) is 1. The highest BCUT2D eigenvalue weighted by molar-refractivity contribution is 5.49. The summed E-state index contributed by atoms with van der Waals surface area (Å²) in [6.45, 7) is 6.26. The number of rotatable bonds is 9. The standard InChI is InChI=1S/C10H23N.C3H7NO/c1-10(2)8-6-4-5-7-9-11-3;4-2-1-3-5/h10-11H,4-9H2,1-3H3;3H,1-2,4H2. The average Bonchev–Trinajstić information content (AvgIpc) is 2.25. The molecule has 0 aromatic rings. The third-order valence-electron chi connectivity index (χ3n) is 2.24. The number of unbranched alkanes of at least 4 members (excludes halogenated alkanes) is 3. The Labute approximate surface area is 101 Å². The van der Waals surface area contributed by atoms with Crippen LogP contribution in [-0.4, -0.2) is 26.4 Å². The van der Waals surface area contributed by atoms with Crippen LogP contribution in [-0.2, 0) is 4.79 Å². The van der Waals surface area contributed by atoms with E-state index in [1.54, 1.807) is 0 Å². The largest absolute Gasteiger partial charge is 0.330 e. The van der Waals surface area contributed by atoms with Crippen LogP contribution < -0.4 is 11.1 Å². The number of hydrogen-bond acceptors (Lipinski definition) is 3. The lowest BCUT2D eigenvalue weighted by Gasteiger charge is -2.03. The van der Waals surface area contributed by atoms with Gasteiger partial charge in [-0.25, -0.2) is 0 Å². The first-order chi connectivity index (χ1) is 7.68. The Morgan fingerprint density at radius 2 is 1.81 bits per heavy atom. The molecule has 0 bridgehead atoms. The molecule has 3 N–H and O–H groups in total. The fraction of sp³-hybridized carbons (Fsp3) is 0.923. The Morgan fingerprint density at radius 1 is 1.19 bits per heavy atom. The maximum absolute atomic E-state index is 9.32. The highest BCUT2D eigenvalue weighted by atomic mass is 16.1. The molecule has 3 nitrogen and oxygen atoms in total. The van der Waals surface area contributed by atoms with Crippen molar-refractivity contribution in [1.29, 1.82) is 0 Å². The number of nitrogens with one attached hydrogen (secondary N) is 1. The molecule has 0 saturated carbocycles. The van der Waals surface area contributed by atoms with Gasteiger partial charge < -0.3 is 15.8 Å². The van der Waals surface area contributed by atoms with E-state index in [0.717, 1.165) is 12.2 Å². The summed E-state index contributed by atoms with van der Waals surface area (Å²) in [5.74, 6) is 0.888. The normalized spacial score (nSPS) is 9.81. The van der Waals surface area contributed by atoms with Crippen LogP contribution >= 0.6 is 0 Å². The van der Waals surface area contributed by atoms with E-state index in [-0.39, 0.29) is 0 Å². The van der Waals surface area contributed by atoms with Crippen LogP contribution in [0, 0.1) is 5.92 Å². The molecule has 0 aromatic heterocycles. The molecular formula is C13H30N2O. The second-order valence-corrected chi connectivity index (χ2v) is 4.44. The maximum atomic E-state index is 9.32. The predicted octanol–water partition coefficient (Wildman–Crippen LogP) is 2.35. The molecule has 0 aromatic carbocycles. The zero-order chi connectivity index (χ0) is 12.6. The first-order valence-electron chi connectivity index (χ1n) is 6.47. The Hall–Kier alpha value is -0.410. The van der Waals surface area contributed by atoms with E-state index < -0.39 is 0 Å². The summed E-state index contributed by atoms with van der Waals surface area (Å²) in [4.78, 5) is 9.32. The molecule has 0 radical (unpaired) electrons. The van der Waals surface area contributed by atoms with E-state index in [0.29, 0.717) is 13.0 Å². The summed E-state index contributed by atoms with van der Waals surface area (Å²) in [7, 11) is 2.02. The van der Waals surface area contributed by atoms with E-state index in [4.69, 9.17) is 5.73 Å². The zero-order valence-electron chi connectivity index (χ0n) is 11.3. The Balaban J connectivity index is 0. The summed E-state index contributed by atoms with van der Waals surface area (Å²) in [5, 5.41) is 3.17. The lowest BCUT2D eigenvalue weighted by molar-refractivity contribution is -0.107. The first kappa shape index (κ1) is 18.0. The van der Waals surface area contributed by atoms with Crippen LogP contribution in [0.1, 0.15) is 52.4 Å². The SMILES string of the molecule is CNCCCCCCC(C)C.NCCC=O. The third kappa shape index (κ3) is 23.4. The van der Waals surface area contributed by atoms with Crippen molar-refractivity contribution in [3.8, 4) is 0 Å². The third-order valence-corrected chi connectivity index (χ3v) is 2.24. The van der Waals surface area contributed by atoms with Crippen molar-refractivity contribution in [2.45, 2.75) is 52.4 Å². The summed E-state index contributed by atoms with van der Waals surface area (Å²) in [6, 6.07) is 0. The number of hydrogen-bond donors (Lipinski definition) is 2. The minimum atomic E-state index is 0.476. The summed E-state index contributed by atoms with van der Waals surface area (Å²) >= 11 is 0. The molecule has 98 valence electrons. The van der Waals surface area contributed by atoms with Crippen molar-refractivity contribution < 1.29 is 4.79 Å². The van der Waals surface area contributed by atoms with Gasteiger partial charge >= 0.3 is 0 Å². The van der Waals surface area contributed by atoms with E-state index in [1.165, 1.54) is 38.6 Å². The molecule has 0 saturated heterocycles. The highest BCUT2D eigenvalue weighted by Crippen LogP contribution is 2.08. The van der Waals surface area contributed by atoms with Crippen LogP contribution in [0.15, 0.2) is 0 Å². The van der Waals surface area contributed by atoms with Crippen molar-refractivity contribution in [2.24, 2.45) is 11.7 Å². The number of carbonyl (C=O) groups is 1. The summed E-state index contributed by atoms with van der Waals surface area (Å²) in [5.41, 5.74) is 4.91. The Morgan fingerprint density at radius 3 is 2.19 bits per heavy atom. The summed E-state index contributed by atoms with van der Waals surface area (Å²) < 4.78 is 0. The van der Waals surface area contributed by atoms with Crippen molar-refractivity contribution in [3.63, 3.8) is 0 Å². The van der Waals surface area contributed by atoms with Gasteiger partial charge in [-0.3, -0.25) is 0 Å². The minimum Gasteiger partial charge on any atom is -0.330 e. The van der Waals surface area contributed by atoms with Crippen molar-refractivity contribution in [3.05, 3.63) is 0 Å². The highest BCUT2D eigenvalue weighted by Gasteiger charge is 1.93. The molecule has 3 heteroatoms. The van der Waals surface area contributed by atoms with Gasteiger partial charge in [0.15, 0.2) is 0 Å². The monoisotopic (exact) mass is 230 g/mol. The van der Waals surface area contributed by atoms with Crippen molar-refractivity contribution >= 4 is 6.29 Å². The molecule has 0 atom stereocenters. The van der Waals surface area contributed by atoms with Gasteiger partial charge in [-0.15, -0.1) is 0 Å². The molecule has 0 amide bonds. The average molecular weight is 230 g/mol. The van der Waals surface area contributed by atoms with Gasteiger partial charge in [-0.1, -0.05) is 39.5 Å². The molecule has 0 heterocycles. The minimum absolute atomic E-state index is 0.476. The molecule has 0 aliphatic carbocycles. The molecule has 0 rings (SSSR count). The van der Waals surface area contributed by atoms with E-state index in [9.17, 15) is 4.79 Å². The van der Waals surface area contributed by atoms with Crippen LogP contribution in [0.4, 0.5) is 0 Å². The van der Waals surface area contributed by atoms with Crippen LogP contribution in [0.25, 0.3) is 0 Å². The molecule has 0 spiro atoms. The van der Waals surface area contributed by atoms with Gasteiger partial charge in [-0.05, 0) is 32.5 Å². The van der Waals surface area contributed by atoms with Crippen LogP contribution in [0.5, 0.6) is 0 Å². The smallest absolute Gasteiger partial charge is 0.121 e. The summed E-state index contributed by atoms with van der Waals surface area (Å²) in [6.07, 6.45) is 8.27. The fourth-order valence-electron chi connectivity index (χ4n) is 1.28. The van der Waals surface area contributed by atoms with Gasteiger partial charge in [0.05, 0.1) is 0 Å². The van der Waals surface area contributed by atoms with Crippen molar-refractivity contribution in [2.75, 3.05) is 20.1 Å². The quantitative estimate of drug-likeness (QED) is 0.472. The zero-order valence-corrected chi connectivity index (χ0v) is 11.3. The molecule has 0 aliphatic rings. The predicted molar refractivity (Wildman–Crippen MR) is 71.6 cm³/mol. The van der Waals surface area contributed by atoms with E-state index in [1.807, 2.05) is 7.05 Å². The molecular weight excluding hydrogens is 200 g/mol. The fourth-order valence-corrected chi connectivity index (χ4v) is 1.28. The lowest BCUT2D eigenvalue weighted by atomic mass is 10.0. The second kappa shape index (κ2) is 17.0. The van der Waals surface area contributed by atoms with Crippen LogP contribution in [0.2, 0.25) is 0 Å². The molecule has 0 unspecified atom stereocenters. The van der Waals surface area contributed by atoms with Gasteiger partial charge in [0, 0.05) is 6.42 Å².